The Kier molecular flexibility index (Phi) is 5.69. The molecule has 0 aromatic rings. The van der Waals surface area contributed by atoms with Gasteiger partial charge in [-0.1, -0.05) is 19.8 Å². The van der Waals surface area contributed by atoms with E-state index in [4.69, 9.17) is 5.73 Å². The molecule has 0 saturated heterocycles. The van der Waals surface area contributed by atoms with Crippen LogP contribution in [0.2, 0.25) is 0 Å². The standard InChI is InChI=1S/C12H24N2O/c1-10-5-4-6-11(9-10)14-12(15)7-2-3-8-13/h10-11H,2-9,13H2,1H3,(H,14,15). The number of carbonyl (C=O) groups is 1. The predicted octanol–water partition coefficient (Wildman–Crippen LogP) is 1.81. The van der Waals surface area contributed by atoms with E-state index < -0.39 is 0 Å². The van der Waals surface area contributed by atoms with Gasteiger partial charge in [0.1, 0.15) is 0 Å². The smallest absolute Gasteiger partial charge is 0.220 e. The van der Waals surface area contributed by atoms with Crippen molar-refractivity contribution in [2.24, 2.45) is 11.7 Å². The van der Waals surface area contributed by atoms with Gasteiger partial charge in [-0.05, 0) is 38.1 Å². The van der Waals surface area contributed by atoms with Gasteiger partial charge in [0.15, 0.2) is 0 Å². The average Bonchev–Trinajstić information content (AvgIpc) is 2.18. The molecule has 0 aliphatic heterocycles. The summed E-state index contributed by atoms with van der Waals surface area (Å²) in [5, 5.41) is 3.13. The van der Waals surface area contributed by atoms with Crippen molar-refractivity contribution < 1.29 is 4.79 Å². The first-order valence-electron chi connectivity index (χ1n) is 6.21. The minimum absolute atomic E-state index is 0.211. The molecule has 88 valence electrons. The van der Waals surface area contributed by atoms with E-state index in [1.165, 1.54) is 12.8 Å². The van der Waals surface area contributed by atoms with E-state index in [1.54, 1.807) is 0 Å². The Morgan fingerprint density at radius 1 is 1.40 bits per heavy atom. The Bertz CT molecular complexity index is 194. The van der Waals surface area contributed by atoms with Crippen LogP contribution >= 0.6 is 0 Å². The van der Waals surface area contributed by atoms with Gasteiger partial charge < -0.3 is 11.1 Å². The van der Waals surface area contributed by atoms with E-state index in [1.807, 2.05) is 0 Å². The first-order chi connectivity index (χ1) is 7.22. The molecule has 1 fully saturated rings. The maximum Gasteiger partial charge on any atom is 0.220 e. The molecule has 1 amide bonds. The second-order valence-corrected chi connectivity index (χ2v) is 4.78. The molecule has 1 rings (SSSR count). The van der Waals surface area contributed by atoms with E-state index >= 15 is 0 Å². The molecule has 0 aromatic heterocycles. The summed E-state index contributed by atoms with van der Waals surface area (Å²) in [4.78, 5) is 11.5. The van der Waals surface area contributed by atoms with Crippen LogP contribution in [0.5, 0.6) is 0 Å². The van der Waals surface area contributed by atoms with Gasteiger partial charge >= 0.3 is 0 Å². The highest BCUT2D eigenvalue weighted by Gasteiger charge is 2.19. The monoisotopic (exact) mass is 212 g/mol. The minimum atomic E-state index is 0.211. The second kappa shape index (κ2) is 6.83. The normalized spacial score (nSPS) is 26.3. The molecule has 0 aromatic carbocycles. The quantitative estimate of drug-likeness (QED) is 0.683. The zero-order valence-electron chi connectivity index (χ0n) is 9.80. The van der Waals surface area contributed by atoms with Gasteiger partial charge in [0.2, 0.25) is 5.91 Å². The Morgan fingerprint density at radius 3 is 2.87 bits per heavy atom. The summed E-state index contributed by atoms with van der Waals surface area (Å²) in [5.41, 5.74) is 5.39. The number of nitrogens with two attached hydrogens (primary N) is 1. The number of carbonyl (C=O) groups excluding carboxylic acids is 1. The fourth-order valence-corrected chi connectivity index (χ4v) is 2.29. The van der Waals surface area contributed by atoms with Crippen LogP contribution in [-0.4, -0.2) is 18.5 Å². The van der Waals surface area contributed by atoms with Crippen LogP contribution in [0.15, 0.2) is 0 Å². The first kappa shape index (κ1) is 12.5. The molecule has 1 saturated carbocycles. The third-order valence-corrected chi connectivity index (χ3v) is 3.16. The van der Waals surface area contributed by atoms with E-state index in [0.717, 1.165) is 31.6 Å². The number of unbranched alkanes of at least 4 members (excludes halogenated alkanes) is 1. The maximum absolute atomic E-state index is 11.5. The van der Waals surface area contributed by atoms with Crippen LogP contribution < -0.4 is 11.1 Å². The Balaban J connectivity index is 2.13. The van der Waals surface area contributed by atoms with E-state index in [-0.39, 0.29) is 5.91 Å². The number of hydrogen-bond donors (Lipinski definition) is 2. The molecule has 0 radical (unpaired) electrons. The van der Waals surface area contributed by atoms with E-state index in [2.05, 4.69) is 12.2 Å². The molecule has 0 bridgehead atoms. The zero-order chi connectivity index (χ0) is 11.1. The van der Waals surface area contributed by atoms with Gasteiger partial charge in [-0.15, -0.1) is 0 Å². The molecule has 15 heavy (non-hydrogen) atoms. The van der Waals surface area contributed by atoms with Crippen molar-refractivity contribution in [3.63, 3.8) is 0 Å². The van der Waals surface area contributed by atoms with E-state index in [9.17, 15) is 4.79 Å². The number of rotatable bonds is 5. The van der Waals surface area contributed by atoms with Crippen LogP contribution in [0.1, 0.15) is 51.9 Å². The van der Waals surface area contributed by atoms with Gasteiger partial charge in [-0.25, -0.2) is 0 Å². The van der Waals surface area contributed by atoms with Gasteiger partial charge in [0.05, 0.1) is 0 Å². The summed E-state index contributed by atoms with van der Waals surface area (Å²) >= 11 is 0. The number of nitrogens with one attached hydrogen (secondary N) is 1. The SMILES string of the molecule is CC1CCCC(NC(=O)CCCCN)C1. The number of amides is 1. The van der Waals surface area contributed by atoms with Crippen molar-refractivity contribution in [2.75, 3.05) is 6.54 Å². The fraction of sp³-hybridized carbons (Fsp3) is 0.917. The van der Waals surface area contributed by atoms with Gasteiger partial charge in [0.25, 0.3) is 0 Å². The number of hydrogen-bond acceptors (Lipinski definition) is 2. The molecule has 1 aliphatic rings. The summed E-state index contributed by atoms with van der Waals surface area (Å²) < 4.78 is 0. The average molecular weight is 212 g/mol. The lowest BCUT2D eigenvalue weighted by Crippen LogP contribution is -2.37. The topological polar surface area (TPSA) is 55.1 Å². The lowest BCUT2D eigenvalue weighted by molar-refractivity contribution is -0.122. The van der Waals surface area contributed by atoms with Crippen LogP contribution in [0, 0.1) is 5.92 Å². The molecular weight excluding hydrogens is 188 g/mol. The second-order valence-electron chi connectivity index (χ2n) is 4.78. The predicted molar refractivity (Wildman–Crippen MR) is 62.5 cm³/mol. The van der Waals surface area contributed by atoms with Crippen LogP contribution in [0.3, 0.4) is 0 Å². The van der Waals surface area contributed by atoms with Crippen molar-refractivity contribution >= 4 is 5.91 Å². The fourth-order valence-electron chi connectivity index (χ4n) is 2.29. The van der Waals surface area contributed by atoms with Gasteiger partial charge in [-0.3, -0.25) is 4.79 Å². The van der Waals surface area contributed by atoms with E-state index in [0.29, 0.717) is 19.0 Å². The highest BCUT2D eigenvalue weighted by molar-refractivity contribution is 5.76. The third-order valence-electron chi connectivity index (χ3n) is 3.16. The van der Waals surface area contributed by atoms with Gasteiger partial charge in [-0.2, -0.15) is 0 Å². The summed E-state index contributed by atoms with van der Waals surface area (Å²) in [6.07, 6.45) is 7.41. The minimum Gasteiger partial charge on any atom is -0.353 e. The molecule has 3 heteroatoms. The van der Waals surface area contributed by atoms with Crippen LogP contribution in [0.25, 0.3) is 0 Å². The molecule has 2 atom stereocenters. The summed E-state index contributed by atoms with van der Waals surface area (Å²) in [6, 6.07) is 0.430. The molecule has 0 heterocycles. The van der Waals surface area contributed by atoms with Crippen molar-refractivity contribution in [1.29, 1.82) is 0 Å². The van der Waals surface area contributed by atoms with Crippen LogP contribution in [0.4, 0.5) is 0 Å². The van der Waals surface area contributed by atoms with Crippen LogP contribution in [-0.2, 0) is 4.79 Å². The highest BCUT2D eigenvalue weighted by atomic mass is 16.1. The molecule has 0 spiro atoms. The van der Waals surface area contributed by atoms with Crippen molar-refractivity contribution in [3.05, 3.63) is 0 Å². The lowest BCUT2D eigenvalue weighted by Gasteiger charge is -2.27. The van der Waals surface area contributed by atoms with Crippen molar-refractivity contribution in [2.45, 2.75) is 57.9 Å². The third kappa shape index (κ3) is 5.17. The Hall–Kier alpha value is -0.570. The summed E-state index contributed by atoms with van der Waals surface area (Å²) in [5.74, 6) is 0.982. The first-order valence-corrected chi connectivity index (χ1v) is 6.21. The summed E-state index contributed by atoms with van der Waals surface area (Å²) in [7, 11) is 0. The molecule has 3 nitrogen and oxygen atoms in total. The molecule has 3 N–H and O–H groups in total. The Morgan fingerprint density at radius 2 is 2.20 bits per heavy atom. The zero-order valence-corrected chi connectivity index (χ0v) is 9.80. The maximum atomic E-state index is 11.5. The Labute approximate surface area is 92.8 Å². The summed E-state index contributed by atoms with van der Waals surface area (Å²) in [6.45, 7) is 2.96. The largest absolute Gasteiger partial charge is 0.353 e. The van der Waals surface area contributed by atoms with Crippen molar-refractivity contribution in [1.82, 2.24) is 5.32 Å². The molecular formula is C12H24N2O. The van der Waals surface area contributed by atoms with Gasteiger partial charge in [0, 0.05) is 12.5 Å². The molecule has 2 unspecified atom stereocenters. The lowest BCUT2D eigenvalue weighted by atomic mass is 9.87. The highest BCUT2D eigenvalue weighted by Crippen LogP contribution is 2.23. The van der Waals surface area contributed by atoms with Crippen molar-refractivity contribution in [3.8, 4) is 0 Å². The molecule has 1 aliphatic carbocycles.